The van der Waals surface area contributed by atoms with E-state index in [1.54, 1.807) is 17.3 Å². The fourth-order valence-corrected chi connectivity index (χ4v) is 5.33. The van der Waals surface area contributed by atoms with Gasteiger partial charge in [-0.3, -0.25) is 14.7 Å². The molecule has 0 atom stereocenters. The molecule has 0 spiro atoms. The maximum atomic E-state index is 14.6. The molecular formula is C31H35F2N5O. The van der Waals surface area contributed by atoms with Crippen molar-refractivity contribution in [3.63, 3.8) is 0 Å². The van der Waals surface area contributed by atoms with Crippen LogP contribution in [0.15, 0.2) is 60.9 Å². The SMILES string of the molecule is CCCCN(Cc1nc2cnccc2n1Cc1ccccc1CN1CCCCC1)C(=O)c1cccc(F)c1F. The van der Waals surface area contributed by atoms with Crippen LogP contribution in [-0.4, -0.2) is 49.9 Å². The summed E-state index contributed by atoms with van der Waals surface area (Å²) in [6.45, 7) is 6.35. The lowest BCUT2D eigenvalue weighted by Gasteiger charge is -2.27. The van der Waals surface area contributed by atoms with Crippen LogP contribution in [0, 0.1) is 11.6 Å². The van der Waals surface area contributed by atoms with Gasteiger partial charge in [-0.15, -0.1) is 0 Å². The molecule has 0 N–H and O–H groups in total. The van der Waals surface area contributed by atoms with Crippen molar-refractivity contribution in [2.24, 2.45) is 0 Å². The lowest BCUT2D eigenvalue weighted by molar-refractivity contribution is 0.0729. The van der Waals surface area contributed by atoms with Crippen LogP contribution in [0.4, 0.5) is 8.78 Å². The highest BCUT2D eigenvalue weighted by atomic mass is 19.2. The van der Waals surface area contributed by atoms with Gasteiger partial charge in [-0.1, -0.05) is 50.1 Å². The zero-order valence-corrected chi connectivity index (χ0v) is 22.5. The predicted molar refractivity (Wildman–Crippen MR) is 148 cm³/mol. The number of imidazole rings is 1. The van der Waals surface area contributed by atoms with E-state index in [-0.39, 0.29) is 12.1 Å². The van der Waals surface area contributed by atoms with Crippen LogP contribution in [0.2, 0.25) is 0 Å². The molecule has 0 saturated carbocycles. The average molecular weight is 532 g/mol. The molecule has 1 amide bonds. The predicted octanol–water partition coefficient (Wildman–Crippen LogP) is 6.19. The Kier molecular flexibility index (Phi) is 8.61. The second-order valence-corrected chi connectivity index (χ2v) is 10.3. The maximum Gasteiger partial charge on any atom is 0.257 e. The number of benzene rings is 2. The number of aromatic nitrogens is 3. The minimum absolute atomic E-state index is 0.178. The molecule has 8 heteroatoms. The number of pyridine rings is 1. The zero-order chi connectivity index (χ0) is 27.2. The van der Waals surface area contributed by atoms with E-state index in [9.17, 15) is 13.6 Å². The zero-order valence-electron chi connectivity index (χ0n) is 22.5. The van der Waals surface area contributed by atoms with Crippen LogP contribution >= 0.6 is 0 Å². The number of rotatable bonds is 10. The maximum absolute atomic E-state index is 14.6. The number of carbonyl (C=O) groups is 1. The highest BCUT2D eigenvalue weighted by molar-refractivity contribution is 5.94. The van der Waals surface area contributed by atoms with E-state index in [1.807, 2.05) is 13.0 Å². The van der Waals surface area contributed by atoms with E-state index < -0.39 is 17.5 Å². The second kappa shape index (κ2) is 12.5. The van der Waals surface area contributed by atoms with Crippen molar-refractivity contribution >= 4 is 16.9 Å². The standard InChI is InChI=1S/C31H35F2N5O/c1-2-3-18-37(31(39)25-12-9-13-26(32)30(25)33)22-29-35-27-19-34-15-14-28(27)38(29)21-24-11-6-5-10-23(24)20-36-16-7-4-8-17-36/h5-6,9-15,19H,2-4,7-8,16-18,20-22H2,1H3. The quantitative estimate of drug-likeness (QED) is 0.245. The van der Waals surface area contributed by atoms with Gasteiger partial charge in [0.2, 0.25) is 0 Å². The van der Waals surface area contributed by atoms with Crippen molar-refractivity contribution in [3.8, 4) is 0 Å². The third kappa shape index (κ3) is 6.17. The molecule has 1 aliphatic heterocycles. The molecule has 0 aliphatic carbocycles. The highest BCUT2D eigenvalue weighted by Gasteiger charge is 2.24. The van der Waals surface area contributed by atoms with Crippen molar-refractivity contribution in [1.82, 2.24) is 24.3 Å². The van der Waals surface area contributed by atoms with Gasteiger partial charge in [-0.2, -0.15) is 0 Å². The minimum atomic E-state index is -1.12. The van der Waals surface area contributed by atoms with Crippen LogP contribution < -0.4 is 0 Å². The Bertz CT molecular complexity index is 1430. The normalized spacial score (nSPS) is 14.1. The van der Waals surface area contributed by atoms with Gasteiger partial charge in [0.1, 0.15) is 11.3 Å². The summed E-state index contributed by atoms with van der Waals surface area (Å²) in [6.07, 6.45) is 8.83. The first-order valence-electron chi connectivity index (χ1n) is 13.9. The molecule has 1 saturated heterocycles. The van der Waals surface area contributed by atoms with E-state index in [1.165, 1.54) is 42.5 Å². The molecule has 5 rings (SSSR count). The molecule has 1 fully saturated rings. The van der Waals surface area contributed by atoms with Gasteiger partial charge in [0.25, 0.3) is 5.91 Å². The highest BCUT2D eigenvalue weighted by Crippen LogP contribution is 2.23. The minimum Gasteiger partial charge on any atom is -0.331 e. The molecule has 0 bridgehead atoms. The molecule has 39 heavy (non-hydrogen) atoms. The molecule has 4 aromatic rings. The van der Waals surface area contributed by atoms with Crippen molar-refractivity contribution in [2.75, 3.05) is 19.6 Å². The Hall–Kier alpha value is -3.65. The summed E-state index contributed by atoms with van der Waals surface area (Å²) < 4.78 is 30.7. The lowest BCUT2D eigenvalue weighted by Crippen LogP contribution is -2.33. The summed E-state index contributed by atoms with van der Waals surface area (Å²) >= 11 is 0. The third-order valence-electron chi connectivity index (χ3n) is 7.50. The first-order chi connectivity index (χ1) is 19.0. The summed E-state index contributed by atoms with van der Waals surface area (Å²) in [5.41, 5.74) is 3.88. The molecule has 1 aliphatic rings. The molecule has 6 nitrogen and oxygen atoms in total. The number of fused-ring (bicyclic) bond motifs is 1. The molecule has 0 unspecified atom stereocenters. The lowest BCUT2D eigenvalue weighted by atomic mass is 10.0. The average Bonchev–Trinajstić information content (AvgIpc) is 3.30. The number of halogens is 2. The van der Waals surface area contributed by atoms with Crippen LogP contribution in [-0.2, 0) is 19.6 Å². The molecule has 2 aromatic carbocycles. The Morgan fingerprint density at radius 1 is 0.974 bits per heavy atom. The van der Waals surface area contributed by atoms with E-state index in [4.69, 9.17) is 4.98 Å². The smallest absolute Gasteiger partial charge is 0.257 e. The Morgan fingerprint density at radius 3 is 2.51 bits per heavy atom. The third-order valence-corrected chi connectivity index (χ3v) is 7.50. The second-order valence-electron chi connectivity index (χ2n) is 10.3. The van der Waals surface area contributed by atoms with E-state index in [2.05, 4.69) is 38.7 Å². The fraction of sp³-hybridized carbons (Fsp3) is 0.387. The van der Waals surface area contributed by atoms with Gasteiger partial charge in [-0.05, 0) is 61.7 Å². The Labute approximate surface area is 228 Å². The monoisotopic (exact) mass is 531 g/mol. The van der Waals surface area contributed by atoms with E-state index >= 15 is 0 Å². The Balaban J connectivity index is 1.48. The van der Waals surface area contributed by atoms with E-state index in [0.717, 1.165) is 49.6 Å². The number of hydrogen-bond acceptors (Lipinski definition) is 4. The van der Waals surface area contributed by atoms with Gasteiger partial charge in [0.05, 0.1) is 23.8 Å². The van der Waals surface area contributed by atoms with Gasteiger partial charge < -0.3 is 9.47 Å². The molecule has 2 aromatic heterocycles. The number of piperidine rings is 1. The fourth-order valence-electron chi connectivity index (χ4n) is 5.33. The van der Waals surface area contributed by atoms with E-state index in [0.29, 0.717) is 18.9 Å². The molecule has 0 radical (unpaired) electrons. The van der Waals surface area contributed by atoms with Gasteiger partial charge in [0.15, 0.2) is 11.6 Å². The van der Waals surface area contributed by atoms with Gasteiger partial charge in [-0.25, -0.2) is 13.8 Å². The molecule has 3 heterocycles. The number of hydrogen-bond donors (Lipinski definition) is 0. The summed E-state index contributed by atoms with van der Waals surface area (Å²) in [5, 5.41) is 0. The van der Waals surface area contributed by atoms with Crippen molar-refractivity contribution in [3.05, 3.63) is 95.1 Å². The number of unbranched alkanes of at least 4 members (excludes halogenated alkanes) is 1. The summed E-state index contributed by atoms with van der Waals surface area (Å²) in [7, 11) is 0. The largest absolute Gasteiger partial charge is 0.331 e. The van der Waals surface area contributed by atoms with Crippen LogP contribution in [0.5, 0.6) is 0 Å². The summed E-state index contributed by atoms with van der Waals surface area (Å²) in [5.74, 6) is -2.00. The molecule has 204 valence electrons. The van der Waals surface area contributed by atoms with Gasteiger partial charge >= 0.3 is 0 Å². The van der Waals surface area contributed by atoms with Crippen molar-refractivity contribution in [2.45, 2.75) is 58.7 Å². The number of nitrogens with zero attached hydrogens (tertiary/aromatic N) is 5. The van der Waals surface area contributed by atoms with Crippen LogP contribution in [0.3, 0.4) is 0 Å². The Morgan fingerprint density at radius 2 is 1.74 bits per heavy atom. The van der Waals surface area contributed by atoms with Crippen molar-refractivity contribution in [1.29, 1.82) is 0 Å². The summed E-state index contributed by atoms with van der Waals surface area (Å²) in [4.78, 5) is 26.6. The first kappa shape index (κ1) is 26.9. The topological polar surface area (TPSA) is 54.3 Å². The number of carbonyl (C=O) groups excluding carboxylic acids is 1. The van der Waals surface area contributed by atoms with Crippen LogP contribution in [0.25, 0.3) is 11.0 Å². The number of likely N-dealkylation sites (tertiary alicyclic amines) is 1. The summed E-state index contributed by atoms with van der Waals surface area (Å²) in [6, 6.07) is 14.1. The van der Waals surface area contributed by atoms with Crippen LogP contribution in [0.1, 0.15) is 66.3 Å². The first-order valence-corrected chi connectivity index (χ1v) is 13.9. The number of amides is 1. The van der Waals surface area contributed by atoms with Crippen molar-refractivity contribution < 1.29 is 13.6 Å². The molecular weight excluding hydrogens is 496 g/mol. The van der Waals surface area contributed by atoms with Gasteiger partial charge in [0, 0.05) is 25.8 Å².